The van der Waals surface area contributed by atoms with Crippen molar-refractivity contribution < 1.29 is 4.79 Å². The fraction of sp³-hybridized carbons (Fsp3) is 0.692. The van der Waals surface area contributed by atoms with Gasteiger partial charge in [0.05, 0.1) is 12.2 Å². The molecule has 0 amide bonds. The summed E-state index contributed by atoms with van der Waals surface area (Å²) in [7, 11) is 0. The van der Waals surface area contributed by atoms with Gasteiger partial charge in [0.25, 0.3) is 0 Å². The van der Waals surface area contributed by atoms with Crippen molar-refractivity contribution >= 4 is 11.4 Å². The second-order valence-corrected chi connectivity index (χ2v) is 10.2. The summed E-state index contributed by atoms with van der Waals surface area (Å²) in [6, 6.07) is 1.95. The predicted molar refractivity (Wildman–Crippen MR) is 127 cm³/mol. The molecule has 0 spiro atoms. The molecule has 1 aliphatic carbocycles. The van der Waals surface area contributed by atoms with Gasteiger partial charge in [-0.3, -0.25) is 9.48 Å². The van der Waals surface area contributed by atoms with E-state index in [1.165, 1.54) is 64.7 Å². The number of carbonyl (C=O) groups is 1. The Balaban J connectivity index is 1.20. The van der Waals surface area contributed by atoms with Gasteiger partial charge in [0, 0.05) is 42.9 Å². The van der Waals surface area contributed by atoms with Crippen LogP contribution in [-0.4, -0.2) is 63.6 Å². The minimum atomic E-state index is 0.230. The minimum absolute atomic E-state index is 0.230. The molecule has 1 aromatic rings. The number of allylic oxidation sites excluding steroid dienone is 2. The molecule has 3 heterocycles. The Kier molecular flexibility index (Phi) is 7.12. The van der Waals surface area contributed by atoms with Crippen LogP contribution in [0.2, 0.25) is 0 Å². The molecule has 0 N–H and O–H groups in total. The van der Waals surface area contributed by atoms with E-state index in [2.05, 4.69) is 38.9 Å². The molecule has 31 heavy (non-hydrogen) atoms. The van der Waals surface area contributed by atoms with Crippen LogP contribution in [-0.2, 0) is 4.79 Å². The first-order valence-electron chi connectivity index (χ1n) is 12.3. The van der Waals surface area contributed by atoms with Crippen molar-refractivity contribution in [3.63, 3.8) is 0 Å². The van der Waals surface area contributed by atoms with Crippen LogP contribution in [0.25, 0.3) is 5.57 Å². The van der Waals surface area contributed by atoms with Crippen LogP contribution in [0, 0.1) is 5.92 Å². The third kappa shape index (κ3) is 5.20. The van der Waals surface area contributed by atoms with Crippen LogP contribution in [0.1, 0.15) is 76.8 Å². The number of hydrogen-bond donors (Lipinski definition) is 0. The van der Waals surface area contributed by atoms with Crippen molar-refractivity contribution in [1.82, 2.24) is 19.6 Å². The number of ketones is 1. The van der Waals surface area contributed by atoms with E-state index in [0.29, 0.717) is 17.9 Å². The van der Waals surface area contributed by atoms with E-state index >= 15 is 0 Å². The molecule has 1 saturated carbocycles. The second-order valence-electron chi connectivity index (χ2n) is 10.2. The fourth-order valence-electron chi connectivity index (χ4n) is 5.94. The third-order valence-electron chi connectivity index (χ3n) is 7.99. The lowest BCUT2D eigenvalue weighted by molar-refractivity contribution is -0.120. The van der Waals surface area contributed by atoms with Crippen LogP contribution in [0.3, 0.4) is 0 Å². The highest BCUT2D eigenvalue weighted by atomic mass is 16.1. The lowest BCUT2D eigenvalue weighted by Crippen LogP contribution is -2.50. The predicted octanol–water partition coefficient (Wildman–Crippen LogP) is 4.72. The van der Waals surface area contributed by atoms with Crippen molar-refractivity contribution in [2.75, 3.05) is 26.2 Å². The molecule has 5 heteroatoms. The van der Waals surface area contributed by atoms with Crippen molar-refractivity contribution in [3.8, 4) is 0 Å². The highest BCUT2D eigenvalue weighted by Gasteiger charge is 2.33. The minimum Gasteiger partial charge on any atom is -0.300 e. The summed E-state index contributed by atoms with van der Waals surface area (Å²) >= 11 is 0. The Morgan fingerprint density at radius 3 is 1.84 bits per heavy atom. The van der Waals surface area contributed by atoms with Crippen LogP contribution in [0.4, 0.5) is 0 Å². The first kappa shape index (κ1) is 22.5. The van der Waals surface area contributed by atoms with Crippen molar-refractivity contribution in [3.05, 3.63) is 36.7 Å². The van der Waals surface area contributed by atoms with Gasteiger partial charge < -0.3 is 9.80 Å². The van der Waals surface area contributed by atoms with E-state index < -0.39 is 0 Å². The van der Waals surface area contributed by atoms with E-state index in [-0.39, 0.29) is 5.92 Å². The maximum atomic E-state index is 12.2. The van der Waals surface area contributed by atoms with Gasteiger partial charge in [-0.05, 0) is 89.4 Å². The second kappa shape index (κ2) is 9.83. The highest BCUT2D eigenvalue weighted by molar-refractivity contribution is 5.96. The Bertz CT molecular complexity index is 788. The van der Waals surface area contributed by atoms with Gasteiger partial charge in [-0.15, -0.1) is 0 Å². The third-order valence-corrected chi connectivity index (χ3v) is 7.99. The van der Waals surface area contributed by atoms with Gasteiger partial charge in [-0.1, -0.05) is 13.2 Å². The molecule has 2 saturated heterocycles. The van der Waals surface area contributed by atoms with Crippen LogP contribution < -0.4 is 0 Å². The van der Waals surface area contributed by atoms with Crippen LogP contribution in [0.5, 0.6) is 0 Å². The quantitative estimate of drug-likeness (QED) is 0.620. The SMILES string of the molecule is C=C(C)c1cnn(C2CCN(C3CCN([C@H]4CC[C@H](C(=O)C(=C)C)CC4)CC3)CC2)c1. The zero-order valence-electron chi connectivity index (χ0n) is 19.6. The molecule has 0 unspecified atom stereocenters. The summed E-state index contributed by atoms with van der Waals surface area (Å²) in [5.41, 5.74) is 2.98. The first-order chi connectivity index (χ1) is 14.9. The van der Waals surface area contributed by atoms with Gasteiger partial charge in [-0.25, -0.2) is 0 Å². The molecule has 0 aromatic carbocycles. The van der Waals surface area contributed by atoms with E-state index in [1.54, 1.807) is 0 Å². The number of nitrogens with zero attached hydrogens (tertiary/aromatic N) is 4. The molecular formula is C26H40N4O. The largest absolute Gasteiger partial charge is 0.300 e. The molecule has 0 atom stereocenters. The lowest BCUT2D eigenvalue weighted by Gasteiger charge is -2.45. The molecule has 5 nitrogen and oxygen atoms in total. The summed E-state index contributed by atoms with van der Waals surface area (Å²) in [6.45, 7) is 16.6. The molecule has 3 aliphatic rings. The van der Waals surface area contributed by atoms with E-state index in [1.807, 2.05) is 20.0 Å². The zero-order chi connectivity index (χ0) is 22.0. The summed E-state index contributed by atoms with van der Waals surface area (Å²) in [5.74, 6) is 0.528. The van der Waals surface area contributed by atoms with Gasteiger partial charge in [0.2, 0.25) is 0 Å². The highest BCUT2D eigenvalue weighted by Crippen LogP contribution is 2.32. The maximum Gasteiger partial charge on any atom is 0.161 e. The standard InChI is InChI=1S/C26H40N4O/c1-19(2)22-17-27-30(18-22)25-11-15-29(16-12-25)24-9-13-28(14-10-24)23-7-5-21(6-8-23)26(31)20(3)4/h17-18,21,23-25H,1,3,5-16H2,2,4H3/t21-,23-. The molecular weight excluding hydrogens is 384 g/mol. The van der Waals surface area contributed by atoms with Gasteiger partial charge >= 0.3 is 0 Å². The topological polar surface area (TPSA) is 41.4 Å². The number of aromatic nitrogens is 2. The van der Waals surface area contributed by atoms with E-state index in [4.69, 9.17) is 0 Å². The smallest absolute Gasteiger partial charge is 0.161 e. The summed E-state index contributed by atoms with van der Waals surface area (Å²) < 4.78 is 2.17. The van der Waals surface area contributed by atoms with Gasteiger partial charge in [-0.2, -0.15) is 5.10 Å². The number of Topliss-reactive ketones (excluding diaryl/α,β-unsaturated/α-hetero) is 1. The normalized spacial score (nSPS) is 27.3. The molecule has 0 radical (unpaired) electrons. The zero-order valence-corrected chi connectivity index (χ0v) is 19.6. The van der Waals surface area contributed by atoms with Crippen LogP contribution in [0.15, 0.2) is 31.1 Å². The van der Waals surface area contributed by atoms with Crippen molar-refractivity contribution in [2.45, 2.75) is 83.3 Å². The number of likely N-dealkylation sites (tertiary alicyclic amines) is 2. The molecule has 170 valence electrons. The van der Waals surface area contributed by atoms with E-state index in [0.717, 1.165) is 35.6 Å². The number of hydrogen-bond acceptors (Lipinski definition) is 4. The lowest BCUT2D eigenvalue weighted by atomic mass is 9.81. The fourth-order valence-corrected chi connectivity index (χ4v) is 5.94. The average Bonchev–Trinajstić information content (AvgIpc) is 3.30. The average molecular weight is 425 g/mol. The molecule has 0 bridgehead atoms. The molecule has 3 fully saturated rings. The van der Waals surface area contributed by atoms with Crippen molar-refractivity contribution in [1.29, 1.82) is 0 Å². The van der Waals surface area contributed by atoms with E-state index in [9.17, 15) is 4.79 Å². The molecule has 1 aromatic heterocycles. The number of carbonyl (C=O) groups excluding carboxylic acids is 1. The number of piperidine rings is 2. The Morgan fingerprint density at radius 2 is 1.35 bits per heavy atom. The summed E-state index contributed by atoms with van der Waals surface area (Å²) in [5, 5.41) is 4.59. The monoisotopic (exact) mass is 424 g/mol. The van der Waals surface area contributed by atoms with Gasteiger partial charge in [0.1, 0.15) is 0 Å². The maximum absolute atomic E-state index is 12.2. The molecule has 2 aliphatic heterocycles. The summed E-state index contributed by atoms with van der Waals surface area (Å²) in [6.07, 6.45) is 13.5. The summed E-state index contributed by atoms with van der Waals surface area (Å²) in [4.78, 5) is 17.7. The molecule has 4 rings (SSSR count). The Morgan fingerprint density at radius 1 is 0.839 bits per heavy atom. The Labute approximate surface area is 188 Å². The Hall–Kier alpha value is -1.72. The van der Waals surface area contributed by atoms with Crippen LogP contribution >= 0.6 is 0 Å². The first-order valence-corrected chi connectivity index (χ1v) is 12.3. The van der Waals surface area contributed by atoms with Gasteiger partial charge in [0.15, 0.2) is 5.78 Å². The van der Waals surface area contributed by atoms with Crippen molar-refractivity contribution in [2.24, 2.45) is 5.92 Å². The number of rotatable bonds is 6.